The van der Waals surface area contributed by atoms with Gasteiger partial charge in [-0.2, -0.15) is 5.10 Å². The van der Waals surface area contributed by atoms with Crippen LogP contribution >= 0.6 is 0 Å². The van der Waals surface area contributed by atoms with Crippen molar-refractivity contribution < 1.29 is 9.21 Å². The number of nitrogens with one attached hydrogen (secondary N) is 1. The molecule has 3 rings (SSSR count). The molecule has 2 aromatic heterocycles. The highest BCUT2D eigenvalue weighted by molar-refractivity contribution is 6.00. The van der Waals surface area contributed by atoms with Gasteiger partial charge in [0.05, 0.1) is 0 Å². The summed E-state index contributed by atoms with van der Waals surface area (Å²) in [6, 6.07) is 11.3. The van der Waals surface area contributed by atoms with Crippen LogP contribution in [0.3, 0.4) is 0 Å². The monoisotopic (exact) mass is 295 g/mol. The Hall–Kier alpha value is -3.22. The van der Waals surface area contributed by atoms with Crippen molar-refractivity contribution in [2.24, 2.45) is 7.05 Å². The molecular weight excluding hydrogens is 282 g/mol. The van der Waals surface area contributed by atoms with Crippen LogP contribution in [0.25, 0.3) is 17.7 Å². The molecule has 7 nitrogen and oxygen atoms in total. The van der Waals surface area contributed by atoms with E-state index in [2.05, 4.69) is 20.6 Å². The van der Waals surface area contributed by atoms with Gasteiger partial charge in [-0.15, -0.1) is 5.10 Å². The topological polar surface area (TPSA) is 85.8 Å². The number of anilines is 1. The highest BCUT2D eigenvalue weighted by Crippen LogP contribution is 2.17. The number of rotatable bonds is 4. The Morgan fingerprint density at radius 1 is 1.23 bits per heavy atom. The lowest BCUT2D eigenvalue weighted by Crippen LogP contribution is -2.07. The molecule has 22 heavy (non-hydrogen) atoms. The zero-order valence-corrected chi connectivity index (χ0v) is 11.8. The van der Waals surface area contributed by atoms with E-state index in [0.29, 0.717) is 5.69 Å². The minimum atomic E-state index is -0.347. The Kier molecular flexibility index (Phi) is 3.78. The van der Waals surface area contributed by atoms with E-state index in [0.717, 1.165) is 5.56 Å². The summed E-state index contributed by atoms with van der Waals surface area (Å²) in [5.74, 6) is -0.0944. The summed E-state index contributed by atoms with van der Waals surface area (Å²) in [7, 11) is 1.79. The number of hydrogen-bond donors (Lipinski definition) is 1. The van der Waals surface area contributed by atoms with Gasteiger partial charge >= 0.3 is 6.01 Å². The summed E-state index contributed by atoms with van der Waals surface area (Å²) in [6.45, 7) is 0. The third-order valence-corrected chi connectivity index (χ3v) is 2.81. The zero-order chi connectivity index (χ0) is 15.4. The summed E-state index contributed by atoms with van der Waals surface area (Å²) < 4.78 is 6.97. The number of carbonyl (C=O) groups excluding carboxylic acids is 1. The summed E-state index contributed by atoms with van der Waals surface area (Å²) in [4.78, 5) is 11.8. The number of amides is 1. The minimum Gasteiger partial charge on any atom is -0.401 e. The van der Waals surface area contributed by atoms with Gasteiger partial charge in [-0.3, -0.25) is 14.8 Å². The first-order valence-electron chi connectivity index (χ1n) is 6.58. The molecule has 0 aliphatic carbocycles. The van der Waals surface area contributed by atoms with Crippen molar-refractivity contribution in [2.45, 2.75) is 0 Å². The van der Waals surface area contributed by atoms with Crippen LogP contribution in [-0.2, 0) is 11.8 Å². The normalized spacial score (nSPS) is 11.0. The molecule has 7 heteroatoms. The van der Waals surface area contributed by atoms with Crippen molar-refractivity contribution in [3.63, 3.8) is 0 Å². The van der Waals surface area contributed by atoms with Crippen LogP contribution in [0.5, 0.6) is 0 Å². The highest BCUT2D eigenvalue weighted by atomic mass is 16.4. The minimum absolute atomic E-state index is 0.0309. The fraction of sp³-hybridized carbons (Fsp3) is 0.0667. The standard InChI is InChI=1S/C15H13N5O2/c1-20-10-9-12(19-20)14-17-18-15(22-14)16-13(21)8-7-11-5-3-2-4-6-11/h2-10H,1H3,(H,16,18,21)/b8-7+. The Balaban J connectivity index is 1.65. The van der Waals surface area contributed by atoms with Crippen LogP contribution < -0.4 is 5.32 Å². The zero-order valence-electron chi connectivity index (χ0n) is 11.8. The molecule has 0 fully saturated rings. The van der Waals surface area contributed by atoms with E-state index >= 15 is 0 Å². The summed E-state index contributed by atoms with van der Waals surface area (Å²) in [5.41, 5.74) is 1.48. The number of aromatic nitrogens is 4. The van der Waals surface area contributed by atoms with Crippen LogP contribution in [0.4, 0.5) is 6.01 Å². The van der Waals surface area contributed by atoms with Crippen molar-refractivity contribution in [1.82, 2.24) is 20.0 Å². The predicted molar refractivity (Wildman–Crippen MR) is 80.6 cm³/mol. The SMILES string of the molecule is Cn1ccc(-c2nnc(NC(=O)/C=C/c3ccccc3)o2)n1. The van der Waals surface area contributed by atoms with Gasteiger partial charge in [0.1, 0.15) is 5.69 Å². The Bertz CT molecular complexity index is 804. The molecule has 2 heterocycles. The number of hydrogen-bond acceptors (Lipinski definition) is 5. The van der Waals surface area contributed by atoms with E-state index in [4.69, 9.17) is 4.42 Å². The third-order valence-electron chi connectivity index (χ3n) is 2.81. The molecule has 0 unspecified atom stereocenters. The first kappa shape index (κ1) is 13.7. The van der Waals surface area contributed by atoms with Crippen LogP contribution in [0.1, 0.15) is 5.56 Å². The van der Waals surface area contributed by atoms with Crippen molar-refractivity contribution in [3.05, 3.63) is 54.2 Å². The van der Waals surface area contributed by atoms with Gasteiger partial charge in [0, 0.05) is 19.3 Å². The first-order valence-corrected chi connectivity index (χ1v) is 6.58. The quantitative estimate of drug-likeness (QED) is 0.745. The molecule has 1 amide bonds. The smallest absolute Gasteiger partial charge is 0.322 e. The molecule has 0 saturated heterocycles. The molecule has 0 aliphatic heterocycles. The van der Waals surface area contributed by atoms with Crippen LogP contribution in [-0.4, -0.2) is 25.9 Å². The fourth-order valence-electron chi connectivity index (χ4n) is 1.79. The van der Waals surface area contributed by atoms with Gasteiger partial charge in [0.2, 0.25) is 0 Å². The second-order valence-corrected chi connectivity index (χ2v) is 4.52. The average molecular weight is 295 g/mol. The van der Waals surface area contributed by atoms with Crippen LogP contribution in [0.15, 0.2) is 53.1 Å². The van der Waals surface area contributed by atoms with Gasteiger partial charge in [0.25, 0.3) is 11.8 Å². The molecule has 0 aliphatic rings. The van der Waals surface area contributed by atoms with Crippen LogP contribution in [0.2, 0.25) is 0 Å². The number of benzene rings is 1. The molecule has 0 bridgehead atoms. The van der Waals surface area contributed by atoms with E-state index in [-0.39, 0.29) is 17.8 Å². The third kappa shape index (κ3) is 3.26. The average Bonchev–Trinajstić information content (AvgIpc) is 3.15. The van der Waals surface area contributed by atoms with Crippen LogP contribution in [0, 0.1) is 0 Å². The van der Waals surface area contributed by atoms with Crippen molar-refractivity contribution >= 4 is 18.0 Å². The largest absolute Gasteiger partial charge is 0.401 e. The van der Waals surface area contributed by atoms with E-state index in [1.165, 1.54) is 6.08 Å². The summed E-state index contributed by atoms with van der Waals surface area (Å²) >= 11 is 0. The maximum absolute atomic E-state index is 11.8. The predicted octanol–water partition coefficient (Wildman–Crippen LogP) is 2.12. The molecule has 3 aromatic rings. The number of carbonyl (C=O) groups is 1. The van der Waals surface area contributed by atoms with Gasteiger partial charge in [-0.05, 0) is 17.7 Å². The highest BCUT2D eigenvalue weighted by Gasteiger charge is 2.11. The first-order chi connectivity index (χ1) is 10.7. The maximum Gasteiger partial charge on any atom is 0.322 e. The molecule has 0 atom stereocenters. The second kappa shape index (κ2) is 6.04. The lowest BCUT2D eigenvalue weighted by Gasteiger charge is -1.94. The number of nitrogens with zero attached hydrogens (tertiary/aromatic N) is 4. The molecule has 0 saturated carbocycles. The maximum atomic E-state index is 11.8. The van der Waals surface area contributed by atoms with E-state index in [9.17, 15) is 4.79 Å². The lowest BCUT2D eigenvalue weighted by atomic mass is 10.2. The Morgan fingerprint density at radius 2 is 2.05 bits per heavy atom. The second-order valence-electron chi connectivity index (χ2n) is 4.52. The number of aryl methyl sites for hydroxylation is 1. The van der Waals surface area contributed by atoms with E-state index < -0.39 is 0 Å². The molecule has 0 radical (unpaired) electrons. The van der Waals surface area contributed by atoms with E-state index in [1.807, 2.05) is 30.3 Å². The molecule has 1 aromatic carbocycles. The molecular formula is C15H13N5O2. The summed E-state index contributed by atoms with van der Waals surface area (Å²) in [5, 5.41) is 14.3. The molecule has 1 N–H and O–H groups in total. The van der Waals surface area contributed by atoms with Gasteiger partial charge < -0.3 is 4.42 Å². The van der Waals surface area contributed by atoms with Gasteiger partial charge in [0.15, 0.2) is 0 Å². The Labute approximate surface area is 126 Å². The lowest BCUT2D eigenvalue weighted by molar-refractivity contribution is -0.112. The fourth-order valence-corrected chi connectivity index (χ4v) is 1.79. The Morgan fingerprint density at radius 3 is 2.77 bits per heavy atom. The molecule has 0 spiro atoms. The van der Waals surface area contributed by atoms with Crippen molar-refractivity contribution in [3.8, 4) is 11.6 Å². The van der Waals surface area contributed by atoms with Gasteiger partial charge in [-0.25, -0.2) is 0 Å². The van der Waals surface area contributed by atoms with Crippen molar-refractivity contribution in [1.29, 1.82) is 0 Å². The van der Waals surface area contributed by atoms with E-state index in [1.54, 1.807) is 30.1 Å². The van der Waals surface area contributed by atoms with Crippen molar-refractivity contribution in [2.75, 3.05) is 5.32 Å². The summed E-state index contributed by atoms with van der Waals surface area (Å²) in [6.07, 6.45) is 4.87. The molecule has 110 valence electrons. The van der Waals surface area contributed by atoms with Gasteiger partial charge in [-0.1, -0.05) is 35.4 Å².